The van der Waals surface area contributed by atoms with Crippen molar-refractivity contribution in [3.05, 3.63) is 60.1 Å². The summed E-state index contributed by atoms with van der Waals surface area (Å²) in [5.41, 5.74) is 2.02. The molecule has 0 aliphatic heterocycles. The molecule has 0 radical (unpaired) electrons. The van der Waals surface area contributed by atoms with Gasteiger partial charge in [-0.2, -0.15) is 0 Å². The number of hydrogen-bond acceptors (Lipinski definition) is 3. The molecule has 0 amide bonds. The SMILES string of the molecule is Cn1cc(C(=S)NCc2ccc(Cl)cc2)c(=S)c2cc(I)sc21. The number of hydrogen-bond donors (Lipinski definition) is 1. The van der Waals surface area contributed by atoms with E-state index in [1.807, 2.05) is 37.5 Å². The first-order valence-electron chi connectivity index (χ1n) is 6.77. The van der Waals surface area contributed by atoms with Gasteiger partial charge in [0.25, 0.3) is 0 Å². The number of benzene rings is 1. The van der Waals surface area contributed by atoms with E-state index in [1.54, 1.807) is 11.3 Å². The lowest BCUT2D eigenvalue weighted by atomic mass is 10.2. The van der Waals surface area contributed by atoms with Crippen LogP contribution in [0.2, 0.25) is 5.02 Å². The molecular weight excluding hydrogens is 479 g/mol. The monoisotopic (exact) mass is 490 g/mol. The molecule has 2 heterocycles. The summed E-state index contributed by atoms with van der Waals surface area (Å²) in [7, 11) is 2.02. The molecular formula is C16H12ClIN2S3. The van der Waals surface area contributed by atoms with E-state index in [4.69, 9.17) is 36.0 Å². The van der Waals surface area contributed by atoms with E-state index in [-0.39, 0.29) is 0 Å². The molecule has 0 aliphatic carbocycles. The average molecular weight is 491 g/mol. The second-order valence-corrected chi connectivity index (χ2v) is 9.24. The zero-order chi connectivity index (χ0) is 16.6. The van der Waals surface area contributed by atoms with E-state index in [9.17, 15) is 0 Å². The third-order valence-electron chi connectivity index (χ3n) is 3.43. The van der Waals surface area contributed by atoms with Gasteiger partial charge in [0.1, 0.15) is 9.82 Å². The lowest BCUT2D eigenvalue weighted by Crippen LogP contribution is -2.22. The van der Waals surface area contributed by atoms with Crippen LogP contribution in [0.15, 0.2) is 36.5 Å². The van der Waals surface area contributed by atoms with Crippen molar-refractivity contribution in [2.75, 3.05) is 0 Å². The summed E-state index contributed by atoms with van der Waals surface area (Å²) in [6.45, 7) is 0.647. The van der Waals surface area contributed by atoms with Gasteiger partial charge in [0.05, 0.1) is 7.39 Å². The molecule has 1 N–H and O–H groups in total. The normalized spacial score (nSPS) is 10.9. The van der Waals surface area contributed by atoms with E-state index in [2.05, 4.69) is 38.5 Å². The van der Waals surface area contributed by atoms with Gasteiger partial charge in [-0.15, -0.1) is 11.3 Å². The number of thiophene rings is 1. The molecule has 2 aromatic heterocycles. The van der Waals surface area contributed by atoms with Crippen LogP contribution in [0, 0.1) is 7.39 Å². The second-order valence-electron chi connectivity index (χ2n) is 5.06. The molecule has 0 saturated heterocycles. The molecule has 7 heteroatoms. The van der Waals surface area contributed by atoms with Gasteiger partial charge in [0.2, 0.25) is 0 Å². The van der Waals surface area contributed by atoms with Gasteiger partial charge in [0, 0.05) is 35.8 Å². The molecule has 0 saturated carbocycles. The Hall–Kier alpha value is -0.540. The van der Waals surface area contributed by atoms with Crippen molar-refractivity contribution in [1.29, 1.82) is 0 Å². The molecule has 0 atom stereocenters. The predicted octanol–water partition coefficient (Wildman–Crippen LogP) is 5.69. The Morgan fingerprint density at radius 1 is 1.35 bits per heavy atom. The standard InChI is InChI=1S/C16H12ClIN2S3/c1-20-8-12(14(21)11-6-13(18)23-16(11)20)15(22)19-7-9-2-4-10(17)5-3-9/h2-6,8H,7H2,1H3,(H,19,22). The Morgan fingerprint density at radius 3 is 2.74 bits per heavy atom. The maximum atomic E-state index is 5.90. The number of nitrogens with one attached hydrogen (secondary N) is 1. The third-order valence-corrected chi connectivity index (χ3v) is 6.47. The van der Waals surface area contributed by atoms with Crippen molar-refractivity contribution in [3.63, 3.8) is 0 Å². The van der Waals surface area contributed by atoms with E-state index in [1.165, 1.54) is 7.71 Å². The highest BCUT2D eigenvalue weighted by molar-refractivity contribution is 14.1. The Labute approximate surface area is 167 Å². The number of thiocarbonyl (C=S) groups is 1. The van der Waals surface area contributed by atoms with E-state index in [0.717, 1.165) is 26.0 Å². The molecule has 0 aliphatic rings. The minimum atomic E-state index is 0.647. The first-order valence-corrected chi connectivity index (χ1v) is 9.86. The van der Waals surface area contributed by atoms with Crippen molar-refractivity contribution in [2.24, 2.45) is 7.05 Å². The largest absolute Gasteiger partial charge is 0.372 e. The van der Waals surface area contributed by atoms with Crippen LogP contribution in [-0.2, 0) is 13.6 Å². The van der Waals surface area contributed by atoms with Gasteiger partial charge in [-0.05, 0) is 46.4 Å². The summed E-state index contributed by atoms with van der Waals surface area (Å²) < 4.78 is 4.12. The summed E-state index contributed by atoms with van der Waals surface area (Å²) in [6.07, 6.45) is 2.01. The van der Waals surface area contributed by atoms with Crippen molar-refractivity contribution in [1.82, 2.24) is 9.88 Å². The smallest absolute Gasteiger partial charge is 0.109 e. The van der Waals surface area contributed by atoms with Crippen LogP contribution in [-0.4, -0.2) is 9.56 Å². The lowest BCUT2D eigenvalue weighted by Gasteiger charge is -2.11. The number of aromatic nitrogens is 1. The number of aryl methyl sites for hydroxylation is 1. The van der Waals surface area contributed by atoms with Crippen molar-refractivity contribution >= 4 is 85.2 Å². The van der Waals surface area contributed by atoms with Crippen LogP contribution in [0.25, 0.3) is 10.2 Å². The maximum absolute atomic E-state index is 5.90. The quantitative estimate of drug-likeness (QED) is 0.375. The molecule has 118 valence electrons. The summed E-state index contributed by atoms with van der Waals surface area (Å²) in [6, 6.07) is 9.83. The minimum Gasteiger partial charge on any atom is -0.372 e. The van der Waals surface area contributed by atoms with Gasteiger partial charge >= 0.3 is 0 Å². The van der Waals surface area contributed by atoms with Crippen molar-refractivity contribution < 1.29 is 0 Å². The number of pyridine rings is 1. The lowest BCUT2D eigenvalue weighted by molar-refractivity contribution is 0.919. The highest BCUT2D eigenvalue weighted by Gasteiger charge is 2.11. The fraction of sp³-hybridized carbons (Fsp3) is 0.125. The molecule has 23 heavy (non-hydrogen) atoms. The summed E-state index contributed by atoms with van der Waals surface area (Å²) in [4.78, 5) is 1.84. The molecule has 3 rings (SSSR count). The number of nitrogens with zero attached hydrogens (tertiary/aromatic N) is 1. The van der Waals surface area contributed by atoms with Crippen LogP contribution < -0.4 is 5.32 Å². The zero-order valence-corrected chi connectivity index (χ0v) is 17.5. The van der Waals surface area contributed by atoms with Gasteiger partial charge in [0.15, 0.2) is 0 Å². The molecule has 2 nitrogen and oxygen atoms in total. The van der Waals surface area contributed by atoms with Crippen LogP contribution in [0.1, 0.15) is 11.1 Å². The first kappa shape index (κ1) is 17.3. The summed E-state index contributed by atoms with van der Waals surface area (Å²) >= 11 is 21.1. The number of rotatable bonds is 3. The fourth-order valence-electron chi connectivity index (χ4n) is 2.27. The van der Waals surface area contributed by atoms with Crippen molar-refractivity contribution in [3.8, 4) is 0 Å². The molecule has 3 aromatic rings. The Bertz CT molecular complexity index is 944. The minimum absolute atomic E-state index is 0.647. The molecule has 1 aromatic carbocycles. The molecule has 0 bridgehead atoms. The van der Waals surface area contributed by atoms with Gasteiger partial charge in [-0.25, -0.2) is 0 Å². The highest BCUT2D eigenvalue weighted by atomic mass is 127. The number of halogens is 2. The van der Waals surface area contributed by atoms with Gasteiger partial charge < -0.3 is 9.88 Å². The maximum Gasteiger partial charge on any atom is 0.109 e. The average Bonchev–Trinajstić information content (AvgIpc) is 2.93. The fourth-order valence-corrected chi connectivity index (χ4v) is 4.83. The predicted molar refractivity (Wildman–Crippen MR) is 114 cm³/mol. The van der Waals surface area contributed by atoms with Crippen LogP contribution in [0.3, 0.4) is 0 Å². The topological polar surface area (TPSA) is 17.0 Å². The van der Waals surface area contributed by atoms with E-state index in [0.29, 0.717) is 11.5 Å². The highest BCUT2D eigenvalue weighted by Crippen LogP contribution is 2.28. The molecule has 0 fully saturated rings. The third kappa shape index (κ3) is 3.76. The van der Waals surface area contributed by atoms with Gasteiger partial charge in [-0.3, -0.25) is 0 Å². The van der Waals surface area contributed by atoms with Crippen LogP contribution in [0.5, 0.6) is 0 Å². The summed E-state index contributed by atoms with van der Waals surface area (Å²) in [5.74, 6) is 0. The Kier molecular flexibility index (Phi) is 5.37. The van der Waals surface area contributed by atoms with Crippen LogP contribution in [0.4, 0.5) is 0 Å². The first-order chi connectivity index (χ1) is 11.0. The van der Waals surface area contributed by atoms with Crippen LogP contribution >= 0.6 is 70.0 Å². The number of fused-ring (bicyclic) bond motifs is 1. The van der Waals surface area contributed by atoms with Crippen molar-refractivity contribution in [2.45, 2.75) is 6.54 Å². The van der Waals surface area contributed by atoms with Gasteiger partial charge in [-0.1, -0.05) is 48.2 Å². The van der Waals surface area contributed by atoms with E-state index < -0.39 is 0 Å². The molecule has 0 spiro atoms. The summed E-state index contributed by atoms with van der Waals surface area (Å²) in [5, 5.41) is 5.10. The zero-order valence-electron chi connectivity index (χ0n) is 12.1. The van der Waals surface area contributed by atoms with E-state index >= 15 is 0 Å². The Morgan fingerprint density at radius 2 is 2.04 bits per heavy atom. The Balaban J connectivity index is 1.87. The second kappa shape index (κ2) is 7.14. The molecule has 0 unspecified atom stereocenters.